The van der Waals surface area contributed by atoms with E-state index in [1.54, 1.807) is 0 Å². The van der Waals surface area contributed by atoms with Crippen molar-refractivity contribution in [2.24, 2.45) is 0 Å². The summed E-state index contributed by atoms with van der Waals surface area (Å²) in [6, 6.07) is 90.0. The van der Waals surface area contributed by atoms with Gasteiger partial charge in [-0.15, -0.1) is 0 Å². The Bertz CT molecular complexity index is 6210. The summed E-state index contributed by atoms with van der Waals surface area (Å²) >= 11 is 0. The van der Waals surface area contributed by atoms with Gasteiger partial charge in [0, 0.05) is 39.4 Å². The van der Waals surface area contributed by atoms with E-state index < -0.39 is 0 Å². The van der Waals surface area contributed by atoms with Crippen LogP contribution in [-0.2, 0) is 40.9 Å². The fraction of sp³-hybridized carbons (Fsp3) is 0.328. The van der Waals surface area contributed by atoms with E-state index in [0.29, 0.717) is 17.8 Å². The highest BCUT2D eigenvalue weighted by Gasteiger charge is 2.42. The molecule has 0 aliphatic heterocycles. The van der Waals surface area contributed by atoms with E-state index in [9.17, 15) is 0 Å². The third-order valence-electron chi connectivity index (χ3n) is 30.0. The number of hydrogen-bond donors (Lipinski definition) is 0. The Balaban J connectivity index is 0.000000113. The van der Waals surface area contributed by atoms with Gasteiger partial charge in [-0.05, 0) is 325 Å². The Hall–Kier alpha value is -10.9. The minimum Gasteiger partial charge on any atom is -0.0645 e. The normalized spacial score (nSPS) is 14.6. The van der Waals surface area contributed by atoms with E-state index in [0.717, 1.165) is 19.3 Å². The van der Waals surface area contributed by atoms with E-state index in [2.05, 4.69) is 430 Å². The second-order valence-corrected chi connectivity index (χ2v) is 39.9. The highest BCUT2D eigenvalue weighted by Crippen LogP contribution is 2.57. The van der Waals surface area contributed by atoms with Crippen molar-refractivity contribution in [1.82, 2.24) is 0 Å². The first-order chi connectivity index (χ1) is 59.5. The van der Waals surface area contributed by atoms with Crippen molar-refractivity contribution in [3.63, 3.8) is 0 Å². The average molecular weight is 1640 g/mol. The number of aryl methyl sites for hydroxylation is 17. The molecule has 0 nitrogen and oxygen atoms in total. The van der Waals surface area contributed by atoms with Gasteiger partial charge in [-0.25, -0.2) is 0 Å². The van der Waals surface area contributed by atoms with Crippen LogP contribution in [0.25, 0.3) is 77.9 Å². The number of rotatable bonds is 6. The molecule has 0 radical (unpaired) electrons. The summed E-state index contributed by atoms with van der Waals surface area (Å²) in [5.74, 6) is 1.69. The van der Waals surface area contributed by atoms with Gasteiger partial charge in [0.05, 0.1) is 0 Å². The zero-order valence-corrected chi connectivity index (χ0v) is 81.0. The molecule has 14 aromatic rings. The molecule has 0 bridgehead atoms. The lowest BCUT2D eigenvalue weighted by atomic mass is 9.73. The smallest absolute Gasteiger partial charge is 0.0210 e. The Morgan fingerprint density at radius 3 is 0.704 bits per heavy atom. The van der Waals surface area contributed by atoms with Crippen molar-refractivity contribution in [2.45, 2.75) is 272 Å². The van der Waals surface area contributed by atoms with Crippen LogP contribution in [0.5, 0.6) is 0 Å². The lowest BCUT2D eigenvalue weighted by molar-refractivity contribution is 0.490. The van der Waals surface area contributed by atoms with Crippen molar-refractivity contribution in [2.75, 3.05) is 0 Å². The molecule has 0 heterocycles. The van der Waals surface area contributed by atoms with Crippen molar-refractivity contribution >= 4 is 0 Å². The highest BCUT2D eigenvalue weighted by atomic mass is 14.5. The van der Waals surface area contributed by atoms with Gasteiger partial charge in [0.1, 0.15) is 0 Å². The molecule has 0 saturated heterocycles. The number of fused-ring (bicyclic) bond motifs is 21. The molecule has 0 spiro atoms. The summed E-state index contributed by atoms with van der Waals surface area (Å²) in [6.45, 7) is 63.1. The second kappa shape index (κ2) is 34.8. The minimum absolute atomic E-state index is 0.124. The van der Waals surface area contributed by atoms with E-state index in [-0.39, 0.29) is 21.7 Å². The third kappa shape index (κ3) is 16.1. The Morgan fingerprint density at radius 1 is 0.200 bits per heavy atom. The first-order valence-corrected chi connectivity index (χ1v) is 47.1. The summed E-state index contributed by atoms with van der Waals surface area (Å²) in [5, 5.41) is 0. The molecule has 125 heavy (non-hydrogen) atoms. The molecule has 0 aromatic heterocycles. The highest BCUT2D eigenvalue weighted by molar-refractivity contribution is 5.87. The van der Waals surface area contributed by atoms with Crippen LogP contribution in [0.15, 0.2) is 237 Å². The summed E-state index contributed by atoms with van der Waals surface area (Å²) in [4.78, 5) is 0. The molecule has 7 aliphatic rings. The van der Waals surface area contributed by atoms with Gasteiger partial charge >= 0.3 is 0 Å². The molecule has 21 rings (SSSR count). The molecule has 0 atom stereocenters. The number of hydrogen-bond acceptors (Lipinski definition) is 0. The summed E-state index contributed by atoms with van der Waals surface area (Å²) < 4.78 is 0. The molecule has 0 saturated carbocycles. The summed E-state index contributed by atoms with van der Waals surface area (Å²) in [7, 11) is 0. The van der Waals surface area contributed by atoms with Gasteiger partial charge in [0.15, 0.2) is 0 Å². The first-order valence-electron chi connectivity index (χ1n) is 47.1. The first kappa shape index (κ1) is 88.9. The van der Waals surface area contributed by atoms with Crippen molar-refractivity contribution < 1.29 is 0 Å². The zero-order chi connectivity index (χ0) is 89.5. The maximum absolute atomic E-state index is 2.44. The molecular formula is C125H138. The minimum atomic E-state index is 0.124. The van der Waals surface area contributed by atoms with Gasteiger partial charge in [0.25, 0.3) is 0 Å². The van der Waals surface area contributed by atoms with Gasteiger partial charge in [0.2, 0.25) is 0 Å². The topological polar surface area (TPSA) is 0 Å². The van der Waals surface area contributed by atoms with Gasteiger partial charge < -0.3 is 0 Å². The number of benzene rings is 14. The lowest BCUT2D eigenvalue weighted by Crippen LogP contribution is -2.23. The maximum atomic E-state index is 2.44. The Morgan fingerprint density at radius 2 is 0.416 bits per heavy atom. The largest absolute Gasteiger partial charge is 0.0645 e. The molecular weight excluding hydrogens is 1500 g/mol. The van der Waals surface area contributed by atoms with Crippen LogP contribution in [0.1, 0.15) is 306 Å². The molecule has 7 aliphatic carbocycles. The van der Waals surface area contributed by atoms with Crippen molar-refractivity contribution in [3.8, 4) is 77.9 Å². The molecule has 0 fully saturated rings. The Labute approximate surface area is 753 Å². The summed E-state index contributed by atoms with van der Waals surface area (Å²) in [5.41, 5.74) is 65.4. The molecule has 0 heteroatoms. The molecule has 0 N–H and O–H groups in total. The van der Waals surface area contributed by atoms with E-state index in [1.807, 2.05) is 0 Å². The van der Waals surface area contributed by atoms with E-state index >= 15 is 0 Å². The molecule has 0 amide bonds. The van der Waals surface area contributed by atoms with E-state index in [1.165, 1.54) is 270 Å². The van der Waals surface area contributed by atoms with Crippen LogP contribution in [-0.4, -0.2) is 0 Å². The van der Waals surface area contributed by atoms with Crippen molar-refractivity contribution in [1.29, 1.82) is 0 Å². The SMILES string of the molecule is CCC1(CC)c2cc(C)ccc2-c2ccc(C)cc21.CCC1c2cc(C)ccc2-c2ccc(C)cc21.CCc1cc2c(cc1C)C(C)(C)c1cc(C)c(CC)cc1-2.CCc1cc2c(cc1C)C(C)(C)c1cc(C)ccc1-2.Cc1ccc2c(c1)-c1cc(C)ccc1C2C.Cc1ccc2c(c1)C(C)(C)c1cc(C)ccc1-2.Cc1ccc2c(c1)C(C)c1cc(C)ccc1-2. The molecule has 14 aromatic carbocycles. The predicted octanol–water partition coefficient (Wildman–Crippen LogP) is 34.6. The monoisotopic (exact) mass is 1640 g/mol. The third-order valence-corrected chi connectivity index (χ3v) is 30.0. The standard InChI is InChI=1S/C21H26.2C19H22.2C17H18.2C16H16/c1-7-15-11-17-18-12-16(8-2)14(4)10-20(18)21(5,6)19(17)9-13(15)3;1-6-14-11-16-15-8-7-12(2)9-17(15)19(4,5)18(16)10-13(14)3;1-5-19(6-2)17-11-13(3)7-9-15(17)16-10-8-14(4)12-18(16)19;1-11-5-7-13-14-8-6-12(2)10-16(14)17(3,4)15(13)9-11;1-4-13-16-9-11(2)5-7-14(16)15-8-6-12(3)10-17(13)15;1-10-4-6-13-14-7-5-11(2)9-16(14)12(3)15(13)8-10;1-10-4-6-13-12(3)14-7-5-11(2)9-16(14)15(13)8-10/h9-12H,7-8H2,1-6H3;7-11H,6H2,1-5H3;7-12H,5-6H2,1-4H3;5-10H,1-4H3;5-10,13H,4H2,1-3H3;2*4-9,12H,1-3H3. The molecule has 638 valence electrons. The van der Waals surface area contributed by atoms with Crippen LogP contribution in [0.3, 0.4) is 0 Å². The average Bonchev–Trinajstić information content (AvgIpc) is 1.57. The van der Waals surface area contributed by atoms with E-state index in [4.69, 9.17) is 0 Å². The Kier molecular flexibility index (Phi) is 24.7. The van der Waals surface area contributed by atoms with Crippen LogP contribution in [0, 0.1) is 96.9 Å². The molecule has 0 unspecified atom stereocenters. The van der Waals surface area contributed by atoms with Crippen LogP contribution in [0.4, 0.5) is 0 Å². The summed E-state index contributed by atoms with van der Waals surface area (Å²) in [6.07, 6.45) is 6.88. The fourth-order valence-corrected chi connectivity index (χ4v) is 22.5. The van der Waals surface area contributed by atoms with Gasteiger partial charge in [-0.3, -0.25) is 0 Å². The van der Waals surface area contributed by atoms with Crippen LogP contribution in [0.2, 0.25) is 0 Å². The zero-order valence-electron chi connectivity index (χ0n) is 81.0. The van der Waals surface area contributed by atoms with Crippen LogP contribution < -0.4 is 0 Å². The second-order valence-electron chi connectivity index (χ2n) is 39.9. The van der Waals surface area contributed by atoms with Crippen molar-refractivity contribution in [3.05, 3.63) is 409 Å². The quantitative estimate of drug-likeness (QED) is 0.156. The lowest BCUT2D eigenvalue weighted by Gasteiger charge is -2.30. The van der Waals surface area contributed by atoms with Crippen LogP contribution >= 0.6 is 0 Å². The maximum Gasteiger partial charge on any atom is 0.0210 e. The van der Waals surface area contributed by atoms with Gasteiger partial charge in [-0.1, -0.05) is 395 Å². The fourth-order valence-electron chi connectivity index (χ4n) is 22.5. The predicted molar refractivity (Wildman–Crippen MR) is 543 cm³/mol. The van der Waals surface area contributed by atoms with Gasteiger partial charge in [-0.2, -0.15) is 0 Å².